The molecular formula is C15H18N4O. The van der Waals surface area contributed by atoms with Gasteiger partial charge in [0.2, 0.25) is 11.9 Å². The zero-order chi connectivity index (χ0) is 13.5. The standard InChI is InChI=1S/C15H18N4O/c20-14(13-10-5-3-4-9(10)8-16-13)19-15-17-11-6-1-2-7-12(11)18-15/h1-2,6-7,9-10,13,16H,3-5,8H2,(H2,17,18,19,20). The van der Waals surface area contributed by atoms with Crippen molar-refractivity contribution in [2.75, 3.05) is 11.9 Å². The lowest BCUT2D eigenvalue weighted by molar-refractivity contribution is -0.118. The summed E-state index contributed by atoms with van der Waals surface area (Å²) in [6, 6.07) is 7.72. The molecule has 2 fully saturated rings. The summed E-state index contributed by atoms with van der Waals surface area (Å²) in [7, 11) is 0. The van der Waals surface area contributed by atoms with E-state index in [0.29, 0.717) is 17.8 Å². The molecule has 0 radical (unpaired) electrons. The number of nitrogens with zero attached hydrogens (tertiary/aromatic N) is 1. The summed E-state index contributed by atoms with van der Waals surface area (Å²) in [6.07, 6.45) is 3.67. The maximum Gasteiger partial charge on any atom is 0.244 e. The molecule has 0 spiro atoms. The number of H-pyrrole nitrogens is 1. The van der Waals surface area contributed by atoms with Crippen LogP contribution >= 0.6 is 0 Å². The number of anilines is 1. The van der Waals surface area contributed by atoms with Crippen LogP contribution in [0.2, 0.25) is 0 Å². The molecule has 1 aliphatic carbocycles. The Balaban J connectivity index is 1.52. The van der Waals surface area contributed by atoms with Crippen LogP contribution in [0.25, 0.3) is 11.0 Å². The molecule has 1 amide bonds. The molecule has 1 saturated heterocycles. The predicted molar refractivity (Wildman–Crippen MR) is 77.3 cm³/mol. The van der Waals surface area contributed by atoms with Crippen LogP contribution in [-0.4, -0.2) is 28.5 Å². The number of hydrogen-bond donors (Lipinski definition) is 3. The lowest BCUT2D eigenvalue weighted by atomic mass is 9.94. The van der Waals surface area contributed by atoms with Crippen LogP contribution in [0.5, 0.6) is 0 Å². The summed E-state index contributed by atoms with van der Waals surface area (Å²) in [4.78, 5) is 19.9. The van der Waals surface area contributed by atoms with Gasteiger partial charge in [-0.15, -0.1) is 0 Å². The molecule has 2 aromatic rings. The normalized spacial score (nSPS) is 28.7. The summed E-state index contributed by atoms with van der Waals surface area (Å²) in [6.45, 7) is 0.975. The van der Waals surface area contributed by atoms with E-state index in [1.807, 2.05) is 24.3 Å². The van der Waals surface area contributed by atoms with Crippen molar-refractivity contribution in [2.45, 2.75) is 25.3 Å². The molecule has 1 saturated carbocycles. The molecule has 0 bridgehead atoms. The van der Waals surface area contributed by atoms with Crippen LogP contribution in [0.1, 0.15) is 19.3 Å². The van der Waals surface area contributed by atoms with Gasteiger partial charge in [0.1, 0.15) is 0 Å². The smallest absolute Gasteiger partial charge is 0.244 e. The Bertz CT molecular complexity index is 617. The van der Waals surface area contributed by atoms with E-state index < -0.39 is 0 Å². The van der Waals surface area contributed by atoms with Gasteiger partial charge in [0.25, 0.3) is 0 Å². The van der Waals surface area contributed by atoms with Crippen LogP contribution in [-0.2, 0) is 4.79 Å². The third-order valence-electron chi connectivity index (χ3n) is 4.66. The topological polar surface area (TPSA) is 69.8 Å². The maximum absolute atomic E-state index is 12.4. The Morgan fingerprint density at radius 3 is 3.10 bits per heavy atom. The van der Waals surface area contributed by atoms with Crippen molar-refractivity contribution in [3.05, 3.63) is 24.3 Å². The number of aromatic amines is 1. The van der Waals surface area contributed by atoms with Crippen molar-refractivity contribution in [1.82, 2.24) is 15.3 Å². The maximum atomic E-state index is 12.4. The van der Waals surface area contributed by atoms with E-state index >= 15 is 0 Å². The summed E-state index contributed by atoms with van der Waals surface area (Å²) in [5.41, 5.74) is 1.82. The molecule has 5 nitrogen and oxygen atoms in total. The van der Waals surface area contributed by atoms with Gasteiger partial charge in [0.05, 0.1) is 17.1 Å². The molecule has 3 atom stereocenters. The van der Waals surface area contributed by atoms with Gasteiger partial charge in [-0.05, 0) is 43.4 Å². The number of nitrogens with one attached hydrogen (secondary N) is 3. The van der Waals surface area contributed by atoms with Crippen molar-refractivity contribution in [2.24, 2.45) is 11.8 Å². The first-order valence-electron chi connectivity index (χ1n) is 7.30. The number of aromatic nitrogens is 2. The van der Waals surface area contributed by atoms with Crippen molar-refractivity contribution in [3.63, 3.8) is 0 Å². The van der Waals surface area contributed by atoms with Gasteiger partial charge in [-0.1, -0.05) is 18.6 Å². The number of imidazole rings is 1. The zero-order valence-corrected chi connectivity index (χ0v) is 11.2. The van der Waals surface area contributed by atoms with Crippen molar-refractivity contribution in [3.8, 4) is 0 Å². The fourth-order valence-corrected chi connectivity index (χ4v) is 3.68. The second kappa shape index (κ2) is 4.59. The lowest BCUT2D eigenvalue weighted by Gasteiger charge is -2.16. The van der Waals surface area contributed by atoms with Gasteiger partial charge < -0.3 is 10.3 Å². The lowest BCUT2D eigenvalue weighted by Crippen LogP contribution is -2.40. The molecule has 2 heterocycles. The Labute approximate surface area is 117 Å². The highest BCUT2D eigenvalue weighted by atomic mass is 16.2. The van der Waals surface area contributed by atoms with Gasteiger partial charge in [0, 0.05) is 0 Å². The Morgan fingerprint density at radius 2 is 2.20 bits per heavy atom. The summed E-state index contributed by atoms with van der Waals surface area (Å²) in [5.74, 6) is 1.76. The van der Waals surface area contributed by atoms with Crippen LogP contribution in [0.15, 0.2) is 24.3 Å². The molecule has 4 rings (SSSR count). The van der Waals surface area contributed by atoms with Crippen LogP contribution in [0.4, 0.5) is 5.95 Å². The van der Waals surface area contributed by atoms with E-state index in [4.69, 9.17) is 0 Å². The molecule has 1 aromatic carbocycles. The van der Waals surface area contributed by atoms with E-state index in [0.717, 1.165) is 24.0 Å². The van der Waals surface area contributed by atoms with Crippen LogP contribution in [0, 0.1) is 11.8 Å². The van der Waals surface area contributed by atoms with E-state index in [2.05, 4.69) is 20.6 Å². The van der Waals surface area contributed by atoms with E-state index in [-0.39, 0.29) is 11.9 Å². The summed E-state index contributed by atoms with van der Waals surface area (Å²) >= 11 is 0. The Morgan fingerprint density at radius 1 is 1.30 bits per heavy atom. The average molecular weight is 270 g/mol. The molecule has 3 N–H and O–H groups in total. The van der Waals surface area contributed by atoms with Gasteiger partial charge in [-0.25, -0.2) is 4.98 Å². The van der Waals surface area contributed by atoms with Crippen molar-refractivity contribution >= 4 is 22.9 Å². The molecule has 1 aromatic heterocycles. The third kappa shape index (κ3) is 1.89. The fourth-order valence-electron chi connectivity index (χ4n) is 3.68. The number of hydrogen-bond acceptors (Lipinski definition) is 3. The average Bonchev–Trinajstić information content (AvgIpc) is 3.12. The van der Waals surface area contributed by atoms with Gasteiger partial charge >= 0.3 is 0 Å². The molecular weight excluding hydrogens is 252 g/mol. The number of carbonyl (C=O) groups is 1. The highest BCUT2D eigenvalue weighted by molar-refractivity contribution is 5.95. The second-order valence-corrected chi connectivity index (χ2v) is 5.83. The molecule has 3 unspecified atom stereocenters. The number of fused-ring (bicyclic) bond motifs is 2. The minimum Gasteiger partial charge on any atom is -0.324 e. The minimum atomic E-state index is -0.0595. The Hall–Kier alpha value is -1.88. The van der Waals surface area contributed by atoms with Gasteiger partial charge in [-0.3, -0.25) is 10.1 Å². The van der Waals surface area contributed by atoms with E-state index in [1.165, 1.54) is 12.8 Å². The molecule has 104 valence electrons. The number of carbonyl (C=O) groups excluding carboxylic acids is 1. The second-order valence-electron chi connectivity index (χ2n) is 5.83. The van der Waals surface area contributed by atoms with Crippen molar-refractivity contribution in [1.29, 1.82) is 0 Å². The monoisotopic (exact) mass is 270 g/mol. The fraction of sp³-hybridized carbons (Fsp3) is 0.467. The predicted octanol–water partition coefficient (Wildman–Crippen LogP) is 1.89. The molecule has 20 heavy (non-hydrogen) atoms. The molecule has 5 heteroatoms. The number of benzene rings is 1. The van der Waals surface area contributed by atoms with E-state index in [9.17, 15) is 4.79 Å². The quantitative estimate of drug-likeness (QED) is 0.780. The number of rotatable bonds is 2. The first-order valence-corrected chi connectivity index (χ1v) is 7.30. The SMILES string of the molecule is O=C(Nc1nc2ccccc2[nH]1)C1NCC2CCCC21. The van der Waals surface area contributed by atoms with Gasteiger partial charge in [-0.2, -0.15) is 0 Å². The first kappa shape index (κ1) is 11.9. The number of amides is 1. The highest BCUT2D eigenvalue weighted by Gasteiger charge is 2.42. The number of para-hydroxylation sites is 2. The van der Waals surface area contributed by atoms with Crippen molar-refractivity contribution < 1.29 is 4.79 Å². The first-order chi connectivity index (χ1) is 9.81. The van der Waals surface area contributed by atoms with Crippen LogP contribution < -0.4 is 10.6 Å². The minimum absolute atomic E-state index is 0.0402. The molecule has 2 aliphatic rings. The summed E-state index contributed by atoms with van der Waals surface area (Å²) < 4.78 is 0. The molecule has 1 aliphatic heterocycles. The third-order valence-corrected chi connectivity index (χ3v) is 4.66. The highest BCUT2D eigenvalue weighted by Crippen LogP contribution is 2.37. The largest absolute Gasteiger partial charge is 0.324 e. The van der Waals surface area contributed by atoms with E-state index in [1.54, 1.807) is 0 Å². The van der Waals surface area contributed by atoms with Gasteiger partial charge in [0.15, 0.2) is 0 Å². The zero-order valence-electron chi connectivity index (χ0n) is 11.2. The Kier molecular flexibility index (Phi) is 2.73. The summed E-state index contributed by atoms with van der Waals surface area (Å²) in [5, 5.41) is 6.28. The van der Waals surface area contributed by atoms with Crippen LogP contribution in [0.3, 0.4) is 0 Å².